The molecule has 1 atom stereocenters. The van der Waals surface area contributed by atoms with Gasteiger partial charge in [0.25, 0.3) is 0 Å². The number of aromatic carboxylic acids is 1. The molecule has 10 nitrogen and oxygen atoms in total. The number of tetrazole rings is 1. The molecule has 0 saturated carbocycles. The second-order valence-electron chi connectivity index (χ2n) is 7.51. The van der Waals surface area contributed by atoms with E-state index >= 15 is 0 Å². The minimum atomic E-state index is -0.979. The van der Waals surface area contributed by atoms with Crippen LogP contribution in [0.4, 0.5) is 0 Å². The lowest BCUT2D eigenvalue weighted by atomic mass is 10.1. The quantitative estimate of drug-likeness (QED) is 0.409. The fourth-order valence-electron chi connectivity index (χ4n) is 3.58. The number of aromatic nitrogens is 7. The van der Waals surface area contributed by atoms with Gasteiger partial charge in [0.2, 0.25) is 0 Å². The smallest absolute Gasteiger partial charge is 0.335 e. The van der Waals surface area contributed by atoms with Gasteiger partial charge in [-0.1, -0.05) is 24.3 Å². The molecule has 1 N–H and O–H groups in total. The molecule has 0 fully saturated rings. The molecule has 0 aliphatic heterocycles. The van der Waals surface area contributed by atoms with Crippen LogP contribution in [0.3, 0.4) is 0 Å². The molecule has 0 unspecified atom stereocenters. The van der Waals surface area contributed by atoms with E-state index in [-0.39, 0.29) is 11.7 Å². The summed E-state index contributed by atoms with van der Waals surface area (Å²) in [4.78, 5) is 16.2. The highest BCUT2D eigenvalue weighted by atomic mass is 16.5. The molecule has 0 spiro atoms. The van der Waals surface area contributed by atoms with Crippen molar-refractivity contribution in [3.8, 4) is 28.1 Å². The number of nitrogens with zero attached hydrogens (tertiary/aromatic N) is 7. The number of carbonyl (C=O) groups is 1. The van der Waals surface area contributed by atoms with Crippen LogP contribution in [0.25, 0.3) is 28.0 Å². The number of ether oxygens (including phenoxy) is 1. The van der Waals surface area contributed by atoms with Crippen LogP contribution < -0.4 is 4.74 Å². The summed E-state index contributed by atoms with van der Waals surface area (Å²) in [7, 11) is 0. The number of fused-ring (bicyclic) bond motifs is 1. The average Bonchev–Trinajstić information content (AvgIpc) is 3.48. The third kappa shape index (κ3) is 4.26. The first kappa shape index (κ1) is 20.3. The molecule has 0 radical (unpaired) electrons. The number of benzene rings is 2. The molecule has 2 aromatic carbocycles. The van der Waals surface area contributed by atoms with Crippen molar-refractivity contribution in [3.05, 3.63) is 78.9 Å². The van der Waals surface area contributed by atoms with Gasteiger partial charge in [-0.15, -0.1) is 5.10 Å². The van der Waals surface area contributed by atoms with E-state index in [1.807, 2.05) is 49.5 Å². The summed E-state index contributed by atoms with van der Waals surface area (Å²) in [5, 5.41) is 24.8. The summed E-state index contributed by atoms with van der Waals surface area (Å²) in [5.74, 6) is -0.272. The Hall–Kier alpha value is -4.60. The van der Waals surface area contributed by atoms with Crippen LogP contribution in [0.1, 0.15) is 17.3 Å². The first-order valence-corrected chi connectivity index (χ1v) is 10.2. The number of carboxylic acids is 1. The molecule has 0 bridgehead atoms. The van der Waals surface area contributed by atoms with Crippen LogP contribution in [-0.4, -0.2) is 52.0 Å². The minimum absolute atomic E-state index is 0.137. The standard InChI is InChI=1S/C23H19N7O3/c1-15(13-29-14-24-27-28-29)33-19-7-3-5-17(11-19)21-8-9-30-22(26-21)20(12-25-30)16-4-2-6-18(10-16)23(31)32/h2-12,14-15H,13H2,1H3,(H,31,32)/t15-/m0/s1. The maximum absolute atomic E-state index is 11.4. The zero-order valence-electron chi connectivity index (χ0n) is 17.6. The van der Waals surface area contributed by atoms with Gasteiger partial charge < -0.3 is 9.84 Å². The summed E-state index contributed by atoms with van der Waals surface area (Å²) >= 11 is 0. The van der Waals surface area contributed by atoms with Gasteiger partial charge in [-0.2, -0.15) is 5.10 Å². The Morgan fingerprint density at radius 1 is 1.12 bits per heavy atom. The third-order valence-corrected chi connectivity index (χ3v) is 5.09. The third-order valence-electron chi connectivity index (χ3n) is 5.09. The average molecular weight is 441 g/mol. The number of hydrogen-bond acceptors (Lipinski definition) is 7. The number of hydrogen-bond donors (Lipinski definition) is 1. The first-order valence-electron chi connectivity index (χ1n) is 10.2. The molecular weight excluding hydrogens is 422 g/mol. The van der Waals surface area contributed by atoms with E-state index in [4.69, 9.17) is 9.72 Å². The predicted molar refractivity (Wildman–Crippen MR) is 119 cm³/mol. The van der Waals surface area contributed by atoms with Crippen LogP contribution in [0.2, 0.25) is 0 Å². The van der Waals surface area contributed by atoms with Crippen molar-refractivity contribution >= 4 is 11.6 Å². The van der Waals surface area contributed by atoms with Crippen LogP contribution >= 0.6 is 0 Å². The molecule has 3 heterocycles. The SMILES string of the molecule is C[C@@H](Cn1cnnn1)Oc1cccc(-c2ccn3ncc(-c4cccc(C(=O)O)c4)c3n2)c1. The molecule has 0 aliphatic rings. The van der Waals surface area contributed by atoms with Gasteiger partial charge in [0.05, 0.1) is 24.0 Å². The molecule has 0 saturated heterocycles. The number of carboxylic acid groups (broad SMARTS) is 1. The molecule has 5 rings (SSSR count). The molecule has 5 aromatic rings. The summed E-state index contributed by atoms with van der Waals surface area (Å²) in [5.41, 5.74) is 3.97. The van der Waals surface area contributed by atoms with Gasteiger partial charge in [0, 0.05) is 17.3 Å². The Morgan fingerprint density at radius 2 is 1.97 bits per heavy atom. The van der Waals surface area contributed by atoms with Crippen LogP contribution in [0.15, 0.2) is 73.3 Å². The highest BCUT2D eigenvalue weighted by Gasteiger charge is 2.13. The van der Waals surface area contributed by atoms with Crippen molar-refractivity contribution < 1.29 is 14.6 Å². The lowest BCUT2D eigenvalue weighted by Crippen LogP contribution is -2.20. The largest absolute Gasteiger partial charge is 0.489 e. The molecular formula is C23H19N7O3. The van der Waals surface area contributed by atoms with Crippen LogP contribution in [0, 0.1) is 0 Å². The lowest BCUT2D eigenvalue weighted by Gasteiger charge is -2.15. The normalized spacial score (nSPS) is 12.0. The summed E-state index contributed by atoms with van der Waals surface area (Å²) < 4.78 is 9.32. The topological polar surface area (TPSA) is 120 Å². The monoisotopic (exact) mass is 441 g/mol. The van der Waals surface area contributed by atoms with Gasteiger partial charge in [0.15, 0.2) is 5.65 Å². The Bertz CT molecular complexity index is 1430. The summed E-state index contributed by atoms with van der Waals surface area (Å²) in [6, 6.07) is 16.3. The molecule has 10 heteroatoms. The van der Waals surface area contributed by atoms with Crippen LogP contribution in [-0.2, 0) is 6.54 Å². The zero-order valence-corrected chi connectivity index (χ0v) is 17.6. The molecule has 3 aromatic heterocycles. The van der Waals surface area contributed by atoms with Crippen molar-refractivity contribution in [2.75, 3.05) is 0 Å². The lowest BCUT2D eigenvalue weighted by molar-refractivity contribution is 0.0697. The summed E-state index contributed by atoms with van der Waals surface area (Å²) in [6.07, 6.45) is 4.93. The van der Waals surface area contributed by atoms with E-state index in [0.717, 1.165) is 22.4 Å². The molecule has 33 heavy (non-hydrogen) atoms. The maximum atomic E-state index is 11.4. The van der Waals surface area contributed by atoms with Gasteiger partial charge in [-0.25, -0.2) is 19.0 Å². The van der Waals surface area contributed by atoms with E-state index in [9.17, 15) is 9.90 Å². The van der Waals surface area contributed by atoms with Gasteiger partial charge >= 0.3 is 5.97 Å². The zero-order chi connectivity index (χ0) is 22.8. The predicted octanol–water partition coefficient (Wildman–Crippen LogP) is 3.22. The Morgan fingerprint density at radius 3 is 2.79 bits per heavy atom. The van der Waals surface area contributed by atoms with Crippen molar-refractivity contribution in [1.29, 1.82) is 0 Å². The van der Waals surface area contributed by atoms with Gasteiger partial charge in [-0.3, -0.25) is 0 Å². The van der Waals surface area contributed by atoms with Crippen molar-refractivity contribution in [2.45, 2.75) is 19.6 Å². The van der Waals surface area contributed by atoms with E-state index in [1.165, 1.54) is 0 Å². The Balaban J connectivity index is 1.44. The van der Waals surface area contributed by atoms with E-state index in [0.29, 0.717) is 17.9 Å². The number of rotatable bonds is 7. The fourth-order valence-corrected chi connectivity index (χ4v) is 3.58. The highest BCUT2D eigenvalue weighted by molar-refractivity contribution is 5.90. The Labute approximate surface area is 188 Å². The Kier molecular flexibility index (Phi) is 5.23. The molecule has 0 amide bonds. The molecule has 0 aliphatic carbocycles. The minimum Gasteiger partial charge on any atom is -0.489 e. The van der Waals surface area contributed by atoms with Gasteiger partial charge in [-0.05, 0) is 53.2 Å². The van der Waals surface area contributed by atoms with Crippen LogP contribution in [0.5, 0.6) is 5.75 Å². The molecule has 164 valence electrons. The highest BCUT2D eigenvalue weighted by Crippen LogP contribution is 2.28. The fraction of sp³-hybridized carbons (Fsp3) is 0.130. The van der Waals surface area contributed by atoms with Gasteiger partial charge in [0.1, 0.15) is 18.2 Å². The maximum Gasteiger partial charge on any atom is 0.335 e. The first-order chi connectivity index (χ1) is 16.1. The van der Waals surface area contributed by atoms with E-state index in [2.05, 4.69) is 20.6 Å². The summed E-state index contributed by atoms with van der Waals surface area (Å²) in [6.45, 7) is 2.47. The van der Waals surface area contributed by atoms with E-state index < -0.39 is 5.97 Å². The van der Waals surface area contributed by atoms with Crippen molar-refractivity contribution in [3.63, 3.8) is 0 Å². The second-order valence-corrected chi connectivity index (χ2v) is 7.51. The second kappa shape index (κ2) is 8.50. The van der Waals surface area contributed by atoms with Crippen molar-refractivity contribution in [2.24, 2.45) is 0 Å². The van der Waals surface area contributed by atoms with E-state index in [1.54, 1.807) is 39.9 Å². The van der Waals surface area contributed by atoms with Crippen molar-refractivity contribution in [1.82, 2.24) is 34.8 Å².